The molecule has 0 fully saturated rings. The van der Waals surface area contributed by atoms with Crippen molar-refractivity contribution in [1.29, 1.82) is 0 Å². The first-order chi connectivity index (χ1) is 34.5. The number of amides is 1. The van der Waals surface area contributed by atoms with Crippen LogP contribution in [-0.4, -0.2) is 47.4 Å². The zero-order chi connectivity index (χ0) is 50.7. The van der Waals surface area contributed by atoms with Crippen LogP contribution in [0.5, 0.6) is 0 Å². The fourth-order valence-electron chi connectivity index (χ4n) is 9.87. The minimum atomic E-state index is -0.841. The van der Waals surface area contributed by atoms with Crippen LogP contribution >= 0.6 is 0 Å². The predicted molar refractivity (Wildman–Crippen MR) is 306 cm³/mol. The summed E-state index contributed by atoms with van der Waals surface area (Å²) in [6, 6.07) is -0.625. The molecule has 70 heavy (non-hydrogen) atoms. The molecule has 0 aliphatic rings. The van der Waals surface area contributed by atoms with Crippen LogP contribution in [-0.2, 0) is 14.3 Å². The number of hydrogen-bond donors (Lipinski definition) is 3. The molecule has 6 nitrogen and oxygen atoms in total. The minimum Gasteiger partial charge on any atom is -0.466 e. The van der Waals surface area contributed by atoms with E-state index in [1.165, 1.54) is 283 Å². The summed E-state index contributed by atoms with van der Waals surface area (Å²) in [6.07, 6.45) is 73.8. The summed E-state index contributed by atoms with van der Waals surface area (Å²) in [4.78, 5) is 24.5. The highest BCUT2D eigenvalue weighted by molar-refractivity contribution is 5.76. The van der Waals surface area contributed by atoms with E-state index in [2.05, 4.69) is 31.3 Å². The van der Waals surface area contributed by atoms with E-state index in [1.807, 2.05) is 6.08 Å². The minimum absolute atomic E-state index is 0.0148. The van der Waals surface area contributed by atoms with Gasteiger partial charge in [0.25, 0.3) is 0 Å². The first kappa shape index (κ1) is 68.3. The van der Waals surface area contributed by atoms with Crippen LogP contribution < -0.4 is 5.32 Å². The van der Waals surface area contributed by atoms with Crippen LogP contribution in [0, 0.1) is 0 Å². The Bertz CT molecular complexity index is 1090. The summed E-state index contributed by atoms with van der Waals surface area (Å²) < 4.78 is 5.50. The Morgan fingerprint density at radius 2 is 0.671 bits per heavy atom. The van der Waals surface area contributed by atoms with Crippen molar-refractivity contribution in [3.05, 3.63) is 24.3 Å². The molecular formula is C64H123NO5. The van der Waals surface area contributed by atoms with Gasteiger partial charge in [0.15, 0.2) is 0 Å². The lowest BCUT2D eigenvalue weighted by molar-refractivity contribution is -0.143. The molecule has 414 valence electrons. The largest absolute Gasteiger partial charge is 0.466 e. The summed E-state index contributed by atoms with van der Waals surface area (Å²) >= 11 is 0. The number of esters is 1. The number of carbonyl (C=O) groups is 2. The molecule has 0 rings (SSSR count). The lowest BCUT2D eigenvalue weighted by Crippen LogP contribution is -2.45. The van der Waals surface area contributed by atoms with Crippen LogP contribution in [0.15, 0.2) is 24.3 Å². The number of ether oxygens (including phenoxy) is 1. The highest BCUT2D eigenvalue weighted by Gasteiger charge is 2.18. The van der Waals surface area contributed by atoms with Crippen molar-refractivity contribution in [2.75, 3.05) is 13.2 Å². The van der Waals surface area contributed by atoms with E-state index in [4.69, 9.17) is 4.74 Å². The van der Waals surface area contributed by atoms with Crippen LogP contribution in [0.1, 0.15) is 348 Å². The van der Waals surface area contributed by atoms with Crippen LogP contribution in [0.25, 0.3) is 0 Å². The first-order valence-corrected chi connectivity index (χ1v) is 31.6. The molecule has 0 radical (unpaired) electrons. The molecule has 1 amide bonds. The van der Waals surface area contributed by atoms with Crippen molar-refractivity contribution in [1.82, 2.24) is 5.32 Å². The molecule has 6 heteroatoms. The zero-order valence-corrected chi connectivity index (χ0v) is 47.3. The predicted octanol–water partition coefficient (Wildman–Crippen LogP) is 19.8. The lowest BCUT2D eigenvalue weighted by Gasteiger charge is -2.20. The highest BCUT2D eigenvalue weighted by Crippen LogP contribution is 2.18. The molecule has 0 saturated heterocycles. The van der Waals surface area contributed by atoms with Gasteiger partial charge < -0.3 is 20.3 Å². The number of allylic oxidation sites excluding steroid dienone is 3. The fourth-order valence-corrected chi connectivity index (χ4v) is 9.87. The van der Waals surface area contributed by atoms with Gasteiger partial charge in [0.05, 0.1) is 25.4 Å². The summed E-state index contributed by atoms with van der Waals surface area (Å²) in [5.41, 5.74) is 0. The monoisotopic (exact) mass is 986 g/mol. The Morgan fingerprint density at radius 3 is 1.01 bits per heavy atom. The topological polar surface area (TPSA) is 95.9 Å². The third kappa shape index (κ3) is 55.7. The van der Waals surface area contributed by atoms with E-state index in [9.17, 15) is 19.8 Å². The third-order valence-electron chi connectivity index (χ3n) is 14.7. The first-order valence-electron chi connectivity index (χ1n) is 31.6. The summed E-state index contributed by atoms with van der Waals surface area (Å²) in [6.45, 7) is 4.90. The summed E-state index contributed by atoms with van der Waals surface area (Å²) in [5, 5.41) is 23.0. The second-order valence-corrected chi connectivity index (χ2v) is 21.7. The molecule has 2 unspecified atom stereocenters. The standard InChI is InChI=1S/C64H123NO5/c1-3-5-7-9-11-13-15-16-17-18-25-29-32-35-38-42-46-50-54-58-64(69)70-59-55-51-47-43-39-36-33-30-27-24-22-20-19-21-23-26-28-31-34-37-41-45-49-53-57-63(68)65-61(60-66)62(67)56-52-48-44-40-14-12-10-8-6-4-2/h16-17,52,56,61-62,66-67H,3-15,18-51,53-55,57-60H2,1-2H3,(H,65,68)/b17-16-,56-52+. The van der Waals surface area contributed by atoms with Crippen LogP contribution in [0.2, 0.25) is 0 Å². The molecule has 0 saturated carbocycles. The Balaban J connectivity index is 3.33. The molecule has 0 aromatic carbocycles. The molecular weight excluding hydrogens is 863 g/mol. The molecule has 0 aromatic rings. The molecule has 0 heterocycles. The number of hydrogen-bond acceptors (Lipinski definition) is 5. The van der Waals surface area contributed by atoms with E-state index >= 15 is 0 Å². The number of carbonyl (C=O) groups excluding carboxylic acids is 2. The molecule has 0 aliphatic heterocycles. The number of nitrogens with one attached hydrogen (secondary N) is 1. The second kappa shape index (κ2) is 59.9. The van der Waals surface area contributed by atoms with Crippen molar-refractivity contribution < 1.29 is 24.5 Å². The number of aliphatic hydroxyl groups excluding tert-OH is 2. The molecule has 3 N–H and O–H groups in total. The van der Waals surface area contributed by atoms with Gasteiger partial charge in [-0.3, -0.25) is 9.59 Å². The SMILES string of the molecule is CCCCCCCC/C=C\CCCCCCCCCCCC(=O)OCCCCCCCCCCCCCCCCCCCCCCCCCCC(=O)NC(CO)C(O)/C=C/CCCCCCCCCC. The Labute approximate surface area is 437 Å². The van der Waals surface area contributed by atoms with Gasteiger partial charge in [-0.1, -0.05) is 301 Å². The number of aliphatic hydroxyl groups is 2. The van der Waals surface area contributed by atoms with Crippen molar-refractivity contribution in [3.8, 4) is 0 Å². The van der Waals surface area contributed by atoms with Gasteiger partial charge in [-0.05, 0) is 57.8 Å². The average Bonchev–Trinajstić information content (AvgIpc) is 3.36. The molecule has 2 atom stereocenters. The van der Waals surface area contributed by atoms with Crippen molar-refractivity contribution in [3.63, 3.8) is 0 Å². The van der Waals surface area contributed by atoms with Crippen LogP contribution in [0.3, 0.4) is 0 Å². The van der Waals surface area contributed by atoms with Crippen LogP contribution in [0.4, 0.5) is 0 Å². The maximum Gasteiger partial charge on any atom is 0.305 e. The van der Waals surface area contributed by atoms with E-state index in [0.717, 1.165) is 38.5 Å². The maximum absolute atomic E-state index is 12.4. The van der Waals surface area contributed by atoms with Gasteiger partial charge in [0.2, 0.25) is 5.91 Å². The summed E-state index contributed by atoms with van der Waals surface area (Å²) in [5.74, 6) is -0.0529. The Kier molecular flexibility index (Phi) is 58.5. The molecule has 0 bridgehead atoms. The maximum atomic E-state index is 12.4. The van der Waals surface area contributed by atoms with E-state index in [-0.39, 0.29) is 18.5 Å². The van der Waals surface area contributed by atoms with Gasteiger partial charge >= 0.3 is 5.97 Å². The van der Waals surface area contributed by atoms with Gasteiger partial charge in [0, 0.05) is 12.8 Å². The van der Waals surface area contributed by atoms with Gasteiger partial charge in [0.1, 0.15) is 0 Å². The Hall–Kier alpha value is -1.66. The lowest BCUT2D eigenvalue weighted by atomic mass is 10.0. The highest BCUT2D eigenvalue weighted by atomic mass is 16.5. The second-order valence-electron chi connectivity index (χ2n) is 21.7. The summed E-state index contributed by atoms with van der Waals surface area (Å²) in [7, 11) is 0. The van der Waals surface area contributed by atoms with E-state index in [0.29, 0.717) is 19.4 Å². The number of unbranched alkanes of at least 4 members (excludes halogenated alkanes) is 46. The van der Waals surface area contributed by atoms with E-state index < -0.39 is 12.1 Å². The molecule has 0 aliphatic carbocycles. The zero-order valence-electron chi connectivity index (χ0n) is 47.3. The van der Waals surface area contributed by atoms with Gasteiger partial charge in [-0.2, -0.15) is 0 Å². The smallest absolute Gasteiger partial charge is 0.305 e. The molecule has 0 aromatic heterocycles. The normalized spacial score (nSPS) is 12.7. The fraction of sp³-hybridized carbons (Fsp3) is 0.906. The van der Waals surface area contributed by atoms with Crippen molar-refractivity contribution in [2.45, 2.75) is 360 Å². The third-order valence-corrected chi connectivity index (χ3v) is 14.7. The molecule has 0 spiro atoms. The van der Waals surface area contributed by atoms with E-state index in [1.54, 1.807) is 6.08 Å². The van der Waals surface area contributed by atoms with Gasteiger partial charge in [-0.25, -0.2) is 0 Å². The Morgan fingerprint density at radius 1 is 0.386 bits per heavy atom. The number of rotatable bonds is 59. The van der Waals surface area contributed by atoms with Crippen molar-refractivity contribution >= 4 is 11.9 Å². The average molecular weight is 987 g/mol. The van der Waals surface area contributed by atoms with Crippen molar-refractivity contribution in [2.24, 2.45) is 0 Å². The quantitative estimate of drug-likeness (QED) is 0.0321. The van der Waals surface area contributed by atoms with Gasteiger partial charge in [-0.15, -0.1) is 0 Å².